The summed E-state index contributed by atoms with van der Waals surface area (Å²) >= 11 is 0. The summed E-state index contributed by atoms with van der Waals surface area (Å²) in [6.45, 7) is 0. The fourth-order valence-electron chi connectivity index (χ4n) is 9.33. The third-order valence-corrected chi connectivity index (χ3v) is 12.1. The van der Waals surface area contributed by atoms with Gasteiger partial charge in [0, 0.05) is 39.9 Å². The number of benzene rings is 9. The number of hydrogen-bond donors (Lipinski definition) is 0. The van der Waals surface area contributed by atoms with Crippen LogP contribution >= 0.6 is 0 Å². The SMILES string of the molecule is [2H]c1c([2H])c([2H])c(-c2cccc(-c3c([2H])c([2H])c([2H])c([2H])c3[2H])c2-[n+]2[c-]n(-c3cccc(Oc4ccc5c6ccccc6n(-c6cc(-n7c8ccccc8c8ccccc87)ccn6)c5c4)c3)c3ccccc32)c([2H])c1[2H]. The van der Waals surface area contributed by atoms with Crippen LogP contribution in [0.25, 0.3) is 99.8 Å². The van der Waals surface area contributed by atoms with Crippen LogP contribution in [0.4, 0.5) is 0 Å². The van der Waals surface area contributed by atoms with E-state index in [0.29, 0.717) is 28.2 Å². The summed E-state index contributed by atoms with van der Waals surface area (Å²) in [5.41, 5.74) is 7.07. The summed E-state index contributed by atoms with van der Waals surface area (Å²) in [6, 6.07) is 49.6. The van der Waals surface area contributed by atoms with Gasteiger partial charge in [-0.25, -0.2) is 4.98 Å². The highest BCUT2D eigenvalue weighted by Crippen LogP contribution is 2.38. The molecule has 0 N–H and O–H groups in total. The second-order valence-electron chi connectivity index (χ2n) is 15.8. The summed E-state index contributed by atoms with van der Waals surface area (Å²) in [4.78, 5) is 4.96. The largest absolute Gasteiger partial charge is 0.458 e. The quantitative estimate of drug-likeness (QED) is 0.113. The van der Waals surface area contributed by atoms with E-state index in [2.05, 4.69) is 88.3 Å². The molecule has 9 aromatic carbocycles. The number of nitrogens with zero attached hydrogens (tertiary/aromatic N) is 5. The molecule has 0 spiro atoms. The maximum Gasteiger partial charge on any atom is 0.269 e. The first-order chi connectivity index (χ1) is 36.9. The smallest absolute Gasteiger partial charge is 0.269 e. The van der Waals surface area contributed by atoms with E-state index in [1.54, 1.807) is 27.3 Å². The predicted molar refractivity (Wildman–Crippen MR) is 268 cm³/mol. The van der Waals surface area contributed by atoms with E-state index >= 15 is 0 Å². The van der Waals surface area contributed by atoms with Crippen LogP contribution in [-0.4, -0.2) is 18.7 Å². The molecule has 6 nitrogen and oxygen atoms in total. The van der Waals surface area contributed by atoms with E-state index in [-0.39, 0.29) is 27.9 Å². The van der Waals surface area contributed by atoms with Crippen LogP contribution in [0.2, 0.25) is 0 Å². The molecule has 0 unspecified atom stereocenters. The van der Waals surface area contributed by atoms with Gasteiger partial charge in [0.25, 0.3) is 6.33 Å². The summed E-state index contributed by atoms with van der Waals surface area (Å²) < 4.78 is 102. The minimum Gasteiger partial charge on any atom is -0.458 e. The summed E-state index contributed by atoms with van der Waals surface area (Å²) in [5.74, 6) is 1.80. The first-order valence-corrected chi connectivity index (χ1v) is 21.4. The average Bonchev–Trinajstić information content (AvgIpc) is 4.22. The number of imidazole rings is 1. The fraction of sp³-hybridized carbons (Fsp3) is 0. The second kappa shape index (κ2) is 15.4. The molecule has 0 saturated heterocycles. The lowest BCUT2D eigenvalue weighted by Crippen LogP contribution is -2.31. The molecular formula is C60H39N5O. The standard InChI is InChI=1S/C60H39N5O/c1-3-17-41(18-4-1)47-26-16-27-48(42-19-5-2-6-20-42)60(47)63-40-62(56-31-13-14-32-57(56)63)43-21-15-22-45(37-43)66-46-33-34-52-51-25-9-12-30-55(51)65(58(52)39-46)59-38-44(35-36-61-59)64-53-28-10-7-23-49(53)50-24-8-11-29-54(50)64/h1-39H/i1D,2D,3D,4D,5D,6D,17D,18D,19D,20D. The molecule has 310 valence electrons. The highest BCUT2D eigenvalue weighted by molar-refractivity contribution is 6.10. The lowest BCUT2D eigenvalue weighted by Gasteiger charge is -2.17. The van der Waals surface area contributed by atoms with Gasteiger partial charge < -0.3 is 9.30 Å². The van der Waals surface area contributed by atoms with Gasteiger partial charge in [-0.15, -0.1) is 0 Å². The van der Waals surface area contributed by atoms with Crippen LogP contribution in [-0.2, 0) is 0 Å². The van der Waals surface area contributed by atoms with Gasteiger partial charge >= 0.3 is 0 Å². The summed E-state index contributed by atoms with van der Waals surface area (Å²) in [5, 5.41) is 4.41. The van der Waals surface area contributed by atoms with Crippen molar-refractivity contribution in [3.63, 3.8) is 0 Å². The zero-order valence-electron chi connectivity index (χ0n) is 44.9. The fourth-order valence-corrected chi connectivity index (χ4v) is 9.33. The number of para-hydroxylation sites is 6. The normalized spacial score (nSPS) is 13.8. The van der Waals surface area contributed by atoms with Gasteiger partial charge in [0.15, 0.2) is 0 Å². The predicted octanol–water partition coefficient (Wildman–Crippen LogP) is 14.4. The maximum absolute atomic E-state index is 9.04. The number of ether oxygens (including phenoxy) is 1. The van der Waals surface area contributed by atoms with Gasteiger partial charge in [0.05, 0.1) is 63.9 Å². The van der Waals surface area contributed by atoms with Gasteiger partial charge in [-0.1, -0.05) is 164 Å². The molecule has 4 aromatic heterocycles. The minimum absolute atomic E-state index is 0.133. The van der Waals surface area contributed by atoms with Gasteiger partial charge in [-0.3, -0.25) is 13.7 Å². The van der Waals surface area contributed by atoms with Crippen molar-refractivity contribution in [3.05, 3.63) is 243 Å². The molecule has 66 heavy (non-hydrogen) atoms. The van der Waals surface area contributed by atoms with Crippen molar-refractivity contribution in [2.45, 2.75) is 0 Å². The van der Waals surface area contributed by atoms with Crippen molar-refractivity contribution in [2.75, 3.05) is 0 Å². The van der Waals surface area contributed by atoms with Crippen molar-refractivity contribution in [1.29, 1.82) is 0 Å². The molecule has 0 radical (unpaired) electrons. The monoisotopic (exact) mass is 855 g/mol. The Hall–Kier alpha value is -9.00. The van der Waals surface area contributed by atoms with Gasteiger partial charge in [-0.2, -0.15) is 0 Å². The maximum atomic E-state index is 9.04. The van der Waals surface area contributed by atoms with E-state index in [1.807, 2.05) is 85.1 Å². The Labute approximate surface area is 394 Å². The van der Waals surface area contributed by atoms with Crippen LogP contribution in [0.3, 0.4) is 0 Å². The molecule has 6 heteroatoms. The number of fused-ring (bicyclic) bond motifs is 7. The highest BCUT2D eigenvalue weighted by atomic mass is 16.5. The van der Waals surface area contributed by atoms with Gasteiger partial charge in [-0.05, 0) is 76.9 Å². The lowest BCUT2D eigenvalue weighted by molar-refractivity contribution is -0.571. The molecule has 0 aliphatic rings. The van der Waals surface area contributed by atoms with Crippen LogP contribution in [0.5, 0.6) is 11.5 Å². The zero-order valence-corrected chi connectivity index (χ0v) is 34.9. The van der Waals surface area contributed by atoms with Crippen LogP contribution < -0.4 is 9.30 Å². The van der Waals surface area contributed by atoms with Crippen LogP contribution in [0.1, 0.15) is 13.7 Å². The Morgan fingerprint density at radius 1 is 0.455 bits per heavy atom. The number of pyridine rings is 1. The van der Waals surface area contributed by atoms with Gasteiger partial charge in [0.2, 0.25) is 0 Å². The Kier molecular flexibility index (Phi) is 6.67. The molecular weight excluding hydrogens is 807 g/mol. The zero-order chi connectivity index (χ0) is 52.3. The third kappa shape index (κ3) is 6.11. The molecule has 4 heterocycles. The van der Waals surface area contributed by atoms with E-state index in [9.17, 15) is 0 Å². The topological polar surface area (TPSA) is 40.8 Å². The van der Waals surface area contributed by atoms with Crippen LogP contribution in [0.15, 0.2) is 236 Å². The molecule has 0 fully saturated rings. The van der Waals surface area contributed by atoms with E-state index < -0.39 is 60.4 Å². The molecule has 0 atom stereocenters. The molecule has 13 aromatic rings. The van der Waals surface area contributed by atoms with Crippen molar-refractivity contribution >= 4 is 54.6 Å². The molecule has 0 aliphatic carbocycles. The van der Waals surface area contributed by atoms with Gasteiger partial charge in [0.1, 0.15) is 17.3 Å². The van der Waals surface area contributed by atoms with E-state index in [0.717, 1.165) is 44.3 Å². The lowest BCUT2D eigenvalue weighted by atomic mass is 9.95. The van der Waals surface area contributed by atoms with E-state index in [4.69, 9.17) is 23.4 Å². The van der Waals surface area contributed by atoms with Crippen molar-refractivity contribution in [2.24, 2.45) is 0 Å². The molecule has 0 bridgehead atoms. The van der Waals surface area contributed by atoms with Crippen LogP contribution in [0, 0.1) is 6.33 Å². The first-order valence-electron chi connectivity index (χ1n) is 26.4. The molecule has 0 aliphatic heterocycles. The Morgan fingerprint density at radius 3 is 1.68 bits per heavy atom. The third-order valence-electron chi connectivity index (χ3n) is 12.1. The number of aromatic nitrogens is 5. The highest BCUT2D eigenvalue weighted by Gasteiger charge is 2.21. The second-order valence-corrected chi connectivity index (χ2v) is 15.8. The Balaban J connectivity index is 0.947. The van der Waals surface area contributed by atoms with E-state index in [1.165, 1.54) is 10.8 Å². The molecule has 13 rings (SSSR count). The summed E-state index contributed by atoms with van der Waals surface area (Å²) in [6.07, 6.45) is 5.30. The number of hydrogen-bond acceptors (Lipinski definition) is 2. The first kappa shape index (κ1) is 28.6. The minimum atomic E-state index is -0.569. The van der Waals surface area contributed by atoms with Crippen molar-refractivity contribution < 1.29 is 23.0 Å². The molecule has 0 amide bonds. The van der Waals surface area contributed by atoms with Crippen molar-refractivity contribution in [1.82, 2.24) is 18.7 Å². The Morgan fingerprint density at radius 2 is 1.02 bits per heavy atom. The van der Waals surface area contributed by atoms with Crippen molar-refractivity contribution in [3.8, 4) is 56.6 Å². The number of rotatable bonds is 8. The summed E-state index contributed by atoms with van der Waals surface area (Å²) in [7, 11) is 0. The molecule has 0 saturated carbocycles. The Bertz CT molecular complexity index is 4400. The average molecular weight is 856 g/mol.